The summed E-state index contributed by atoms with van der Waals surface area (Å²) in [5.74, 6) is -4.33. The fourth-order valence-electron chi connectivity index (χ4n) is 3.52. The monoisotopic (exact) mass is 577 g/mol. The Bertz CT molecular complexity index is 1240. The van der Waals surface area contributed by atoms with Gasteiger partial charge in [-0.05, 0) is 36.1 Å². The highest BCUT2D eigenvalue weighted by Crippen LogP contribution is 2.24. The van der Waals surface area contributed by atoms with Crippen LogP contribution in [0.3, 0.4) is 0 Å². The Morgan fingerprint density at radius 2 is 1.68 bits per heavy atom. The number of hydrazine groups is 1. The number of halogens is 2. The molecule has 2 atom stereocenters. The van der Waals surface area contributed by atoms with Crippen LogP contribution >= 0.6 is 11.6 Å². The summed E-state index contributed by atoms with van der Waals surface area (Å²) in [6, 6.07) is 9.79. The van der Waals surface area contributed by atoms with E-state index in [-0.39, 0.29) is 22.9 Å². The van der Waals surface area contributed by atoms with Gasteiger partial charge in [-0.1, -0.05) is 62.7 Å². The van der Waals surface area contributed by atoms with E-state index >= 15 is 0 Å². The van der Waals surface area contributed by atoms with Gasteiger partial charge in [-0.3, -0.25) is 29.4 Å². The number of nitrogen functional groups attached to an aromatic ring is 1. The van der Waals surface area contributed by atoms with Crippen molar-refractivity contribution in [1.29, 1.82) is 0 Å². The number of benzene rings is 2. The van der Waals surface area contributed by atoms with Gasteiger partial charge in [0.2, 0.25) is 5.91 Å². The quantitative estimate of drug-likeness (QED) is 0.191. The molecule has 0 aliphatic carbocycles. The van der Waals surface area contributed by atoms with Gasteiger partial charge in [0.05, 0.1) is 17.3 Å². The molecular weight excluding hydrogens is 545 g/mol. The van der Waals surface area contributed by atoms with E-state index in [9.17, 15) is 28.4 Å². The topological polar surface area (TPSA) is 160 Å². The molecule has 4 amide bonds. The van der Waals surface area contributed by atoms with Crippen LogP contribution in [0, 0.1) is 5.41 Å². The molecule has 0 aliphatic heterocycles. The van der Waals surface area contributed by atoms with Crippen LogP contribution in [-0.2, 0) is 23.9 Å². The number of amides is 4. The van der Waals surface area contributed by atoms with Crippen LogP contribution in [0.25, 0.3) is 0 Å². The van der Waals surface area contributed by atoms with Crippen LogP contribution in [0.5, 0.6) is 0 Å². The van der Waals surface area contributed by atoms with Crippen molar-refractivity contribution in [2.75, 3.05) is 25.6 Å². The summed E-state index contributed by atoms with van der Waals surface area (Å²) < 4.78 is 18.0. The molecule has 2 aromatic rings. The molecule has 0 saturated heterocycles. The van der Waals surface area contributed by atoms with E-state index in [1.54, 1.807) is 58.0 Å². The lowest BCUT2D eigenvalue weighted by Gasteiger charge is -2.32. The smallest absolute Gasteiger partial charge is 0.327 e. The maximum atomic E-state index is 13.5. The highest BCUT2D eigenvalue weighted by molar-refractivity contribution is 6.33. The molecule has 0 spiro atoms. The minimum Gasteiger partial charge on any atom is -0.465 e. The number of carbonyl (C=O) groups excluding carboxylic acids is 5. The van der Waals surface area contributed by atoms with Crippen molar-refractivity contribution >= 4 is 46.9 Å². The third-order valence-corrected chi connectivity index (χ3v) is 5.93. The highest BCUT2D eigenvalue weighted by atomic mass is 35.5. The number of hydrogen-bond donors (Lipinski definition) is 4. The average Bonchev–Trinajstić information content (AvgIpc) is 2.90. The van der Waals surface area contributed by atoms with E-state index in [4.69, 9.17) is 22.1 Å². The van der Waals surface area contributed by atoms with E-state index in [0.29, 0.717) is 10.6 Å². The summed E-state index contributed by atoms with van der Waals surface area (Å²) in [7, 11) is 0. The molecule has 0 aromatic heterocycles. The van der Waals surface area contributed by atoms with Crippen molar-refractivity contribution < 1.29 is 33.1 Å². The zero-order chi connectivity index (χ0) is 30.0. The Morgan fingerprint density at radius 3 is 2.23 bits per heavy atom. The molecule has 13 heteroatoms. The molecule has 0 saturated carbocycles. The largest absolute Gasteiger partial charge is 0.465 e. The first-order valence-electron chi connectivity index (χ1n) is 12.3. The number of anilines is 1. The first-order valence-corrected chi connectivity index (χ1v) is 12.7. The molecule has 0 fully saturated rings. The SMILES string of the molecule is CCOC(=O)CN(NC(=O)C(NC(=O)[C@@H](NC(=O)c1ccc(N)c(Cl)c1)C(C)(C)C)c1ccccc1)C(=O)CF. The molecule has 5 N–H and O–H groups in total. The summed E-state index contributed by atoms with van der Waals surface area (Å²) in [5, 5.41) is 5.91. The normalized spacial score (nSPS) is 12.4. The van der Waals surface area contributed by atoms with Gasteiger partial charge in [0.1, 0.15) is 18.6 Å². The van der Waals surface area contributed by atoms with E-state index in [0.717, 1.165) is 0 Å². The van der Waals surface area contributed by atoms with Crippen molar-refractivity contribution in [3.63, 3.8) is 0 Å². The minimum atomic E-state index is -1.49. The van der Waals surface area contributed by atoms with Crippen LogP contribution in [0.2, 0.25) is 5.02 Å². The van der Waals surface area contributed by atoms with Crippen LogP contribution in [0.4, 0.5) is 10.1 Å². The number of nitrogens with one attached hydrogen (secondary N) is 3. The maximum absolute atomic E-state index is 13.5. The van der Waals surface area contributed by atoms with Gasteiger partial charge >= 0.3 is 5.97 Å². The second-order valence-electron chi connectivity index (χ2n) is 9.76. The predicted molar refractivity (Wildman–Crippen MR) is 146 cm³/mol. The summed E-state index contributed by atoms with van der Waals surface area (Å²) in [6.07, 6.45) is 0. The van der Waals surface area contributed by atoms with E-state index < -0.39 is 60.3 Å². The number of carbonyl (C=O) groups is 5. The van der Waals surface area contributed by atoms with Crippen molar-refractivity contribution in [2.24, 2.45) is 5.41 Å². The van der Waals surface area contributed by atoms with Gasteiger partial charge in [0.15, 0.2) is 6.67 Å². The first kappa shape index (κ1) is 32.0. The zero-order valence-electron chi connectivity index (χ0n) is 22.6. The van der Waals surface area contributed by atoms with Crippen LogP contribution in [-0.4, -0.2) is 60.5 Å². The zero-order valence-corrected chi connectivity index (χ0v) is 23.4. The number of nitrogens with two attached hydrogens (primary N) is 1. The molecule has 0 radical (unpaired) electrons. The van der Waals surface area contributed by atoms with Gasteiger partial charge in [0, 0.05) is 5.56 Å². The fourth-order valence-corrected chi connectivity index (χ4v) is 3.71. The Kier molecular flexibility index (Phi) is 11.4. The summed E-state index contributed by atoms with van der Waals surface area (Å²) >= 11 is 6.03. The minimum absolute atomic E-state index is 0.00954. The third-order valence-electron chi connectivity index (χ3n) is 5.60. The Morgan fingerprint density at radius 1 is 1.02 bits per heavy atom. The summed E-state index contributed by atoms with van der Waals surface area (Å²) in [5.41, 5.74) is 7.85. The Hall–Kier alpha value is -4.19. The van der Waals surface area contributed by atoms with Gasteiger partial charge < -0.3 is 21.1 Å². The van der Waals surface area contributed by atoms with E-state index in [1.807, 2.05) is 0 Å². The predicted octanol–water partition coefficient (Wildman–Crippen LogP) is 2.32. The standard InChI is InChI=1S/C27H33ClFN5O6/c1-5-40-21(36)15-34(20(35)14-29)33-25(38)22(16-9-7-6-8-10-16)31-26(39)23(27(2,3)4)32-24(37)17-11-12-19(30)18(28)13-17/h6-13,22-23H,5,14-15,30H2,1-4H3,(H,31,39)(H,32,37)(H,33,38)/t22?,23-/m1/s1. The Balaban J connectivity index is 2.34. The average molecular weight is 578 g/mol. The van der Waals surface area contributed by atoms with Crippen molar-refractivity contribution in [1.82, 2.24) is 21.1 Å². The summed E-state index contributed by atoms with van der Waals surface area (Å²) in [4.78, 5) is 63.8. The number of hydrogen-bond acceptors (Lipinski definition) is 7. The number of rotatable bonds is 10. The molecule has 0 heterocycles. The lowest BCUT2D eigenvalue weighted by Crippen LogP contribution is -2.57. The fraction of sp³-hybridized carbons (Fsp3) is 0.370. The van der Waals surface area contributed by atoms with Gasteiger partial charge in [-0.15, -0.1) is 0 Å². The number of esters is 1. The van der Waals surface area contributed by atoms with Crippen molar-refractivity contribution in [3.05, 3.63) is 64.7 Å². The van der Waals surface area contributed by atoms with Crippen LogP contribution in [0.15, 0.2) is 48.5 Å². The molecule has 11 nitrogen and oxygen atoms in total. The molecule has 40 heavy (non-hydrogen) atoms. The van der Waals surface area contributed by atoms with Gasteiger partial charge in [-0.2, -0.15) is 0 Å². The molecule has 2 rings (SSSR count). The lowest BCUT2D eigenvalue weighted by atomic mass is 9.85. The van der Waals surface area contributed by atoms with Gasteiger partial charge in [-0.25, -0.2) is 9.40 Å². The van der Waals surface area contributed by atoms with E-state index in [1.165, 1.54) is 18.2 Å². The highest BCUT2D eigenvalue weighted by Gasteiger charge is 2.36. The number of nitrogens with zero attached hydrogens (tertiary/aromatic N) is 1. The molecule has 216 valence electrons. The summed E-state index contributed by atoms with van der Waals surface area (Å²) in [6.45, 7) is 4.46. The second kappa shape index (κ2) is 14.3. The van der Waals surface area contributed by atoms with Gasteiger partial charge in [0.25, 0.3) is 17.7 Å². The number of alkyl halides is 1. The van der Waals surface area contributed by atoms with Crippen LogP contribution in [0.1, 0.15) is 49.7 Å². The van der Waals surface area contributed by atoms with Crippen molar-refractivity contribution in [2.45, 2.75) is 39.8 Å². The lowest BCUT2D eigenvalue weighted by molar-refractivity contribution is -0.154. The first-order chi connectivity index (χ1) is 18.8. The molecule has 0 aliphatic rings. The Labute approximate surface area is 236 Å². The van der Waals surface area contributed by atoms with Crippen molar-refractivity contribution in [3.8, 4) is 0 Å². The second-order valence-corrected chi connectivity index (χ2v) is 10.2. The van der Waals surface area contributed by atoms with E-state index in [2.05, 4.69) is 16.1 Å². The molecule has 1 unspecified atom stereocenters. The van der Waals surface area contributed by atoms with Crippen LogP contribution < -0.4 is 21.8 Å². The number of ether oxygens (including phenoxy) is 1. The molecule has 2 aromatic carbocycles. The maximum Gasteiger partial charge on any atom is 0.327 e. The molecule has 0 bridgehead atoms. The third kappa shape index (κ3) is 8.94. The molecular formula is C27H33ClFN5O6.